The van der Waals surface area contributed by atoms with Crippen molar-refractivity contribution in [2.45, 2.75) is 23.5 Å². The fourth-order valence-corrected chi connectivity index (χ4v) is 7.86. The monoisotopic (exact) mass is 418 g/mol. The van der Waals surface area contributed by atoms with E-state index < -0.39 is 42.4 Å². The Bertz CT molecular complexity index is 938. The van der Waals surface area contributed by atoms with Crippen molar-refractivity contribution in [3.63, 3.8) is 0 Å². The van der Waals surface area contributed by atoms with Crippen molar-refractivity contribution in [3.05, 3.63) is 29.6 Å². The molecule has 0 saturated carbocycles. The second-order valence-electron chi connectivity index (χ2n) is 6.94. The molecule has 1 amide bonds. The first-order chi connectivity index (χ1) is 12.6. The van der Waals surface area contributed by atoms with E-state index in [1.165, 1.54) is 4.90 Å². The van der Waals surface area contributed by atoms with Crippen molar-refractivity contribution >= 4 is 25.6 Å². The molecule has 2 heterocycles. The highest BCUT2D eigenvalue weighted by Crippen LogP contribution is 2.27. The Balaban J connectivity index is 1.85. The molecule has 1 aromatic carbocycles. The number of likely N-dealkylation sites (N-methyl/N-ethyl adjacent to an activating group) is 1. The van der Waals surface area contributed by atoms with Gasteiger partial charge in [-0.1, -0.05) is 6.92 Å². The van der Waals surface area contributed by atoms with Gasteiger partial charge in [0.25, 0.3) is 5.91 Å². The maximum atomic E-state index is 14.3. The Morgan fingerprint density at radius 2 is 1.89 bits per heavy atom. The molecule has 2 saturated heterocycles. The molecule has 0 unspecified atom stereocenters. The maximum Gasteiger partial charge on any atom is 0.256 e. The molecule has 3 rings (SSSR count). The number of benzene rings is 1. The summed E-state index contributed by atoms with van der Waals surface area (Å²) in [5, 5.41) is -1.05. The van der Waals surface area contributed by atoms with Gasteiger partial charge in [-0.3, -0.25) is 4.79 Å². The van der Waals surface area contributed by atoms with Crippen molar-refractivity contribution in [3.8, 4) is 0 Å². The number of hydrogen-bond donors (Lipinski definition) is 0. The minimum Gasteiger partial charge on any atom is -0.336 e. The van der Waals surface area contributed by atoms with Gasteiger partial charge in [0.2, 0.25) is 0 Å². The van der Waals surface area contributed by atoms with Crippen LogP contribution in [0, 0.1) is 5.82 Å². The SMILES string of the molecule is CCN1CCN(C(=O)c2cc(S(=O)(=O)[C@H]3CCS(=O)(=O)C3)ccc2F)CC1. The molecule has 2 aliphatic rings. The zero-order valence-corrected chi connectivity index (χ0v) is 16.7. The summed E-state index contributed by atoms with van der Waals surface area (Å²) in [7, 11) is -7.33. The molecule has 0 aliphatic carbocycles. The normalized spacial score (nSPS) is 23.5. The second kappa shape index (κ2) is 7.48. The van der Waals surface area contributed by atoms with E-state index in [0.29, 0.717) is 26.2 Å². The van der Waals surface area contributed by atoms with Gasteiger partial charge in [0, 0.05) is 26.2 Å². The molecule has 1 aromatic rings. The van der Waals surface area contributed by atoms with Gasteiger partial charge in [-0.05, 0) is 31.2 Å². The molecule has 2 aliphatic heterocycles. The van der Waals surface area contributed by atoms with Crippen LogP contribution in [-0.4, -0.2) is 82.0 Å². The predicted molar refractivity (Wildman–Crippen MR) is 98.7 cm³/mol. The number of rotatable bonds is 4. The third-order valence-electron chi connectivity index (χ3n) is 5.23. The zero-order chi connectivity index (χ0) is 19.8. The minimum atomic E-state index is -3.95. The molecular formula is C17H23FN2O5S2. The first-order valence-electron chi connectivity index (χ1n) is 8.89. The topological polar surface area (TPSA) is 91.8 Å². The fraction of sp³-hybridized carbons (Fsp3) is 0.588. The summed E-state index contributed by atoms with van der Waals surface area (Å²) in [5.74, 6) is -1.93. The average Bonchev–Trinajstić information content (AvgIpc) is 3.02. The van der Waals surface area contributed by atoms with Crippen LogP contribution in [0.1, 0.15) is 23.7 Å². The summed E-state index contributed by atoms with van der Waals surface area (Å²) in [6, 6.07) is 3.11. The van der Waals surface area contributed by atoms with Crippen LogP contribution >= 0.6 is 0 Å². The van der Waals surface area contributed by atoms with E-state index >= 15 is 0 Å². The van der Waals surface area contributed by atoms with Crippen LogP contribution in [-0.2, 0) is 19.7 Å². The van der Waals surface area contributed by atoms with Crippen LogP contribution in [0.15, 0.2) is 23.1 Å². The van der Waals surface area contributed by atoms with Gasteiger partial charge in [0.05, 0.1) is 27.2 Å². The summed E-state index contributed by atoms with van der Waals surface area (Å²) in [6.45, 7) is 5.15. The van der Waals surface area contributed by atoms with Crippen LogP contribution in [0.4, 0.5) is 4.39 Å². The van der Waals surface area contributed by atoms with Crippen LogP contribution in [0.5, 0.6) is 0 Å². The molecule has 2 fully saturated rings. The highest BCUT2D eigenvalue weighted by Gasteiger charge is 2.38. The number of piperazine rings is 1. The molecular weight excluding hydrogens is 395 g/mol. The fourth-order valence-electron chi connectivity index (χ4n) is 3.48. The van der Waals surface area contributed by atoms with Gasteiger partial charge in [0.15, 0.2) is 19.7 Å². The van der Waals surface area contributed by atoms with Gasteiger partial charge in [-0.15, -0.1) is 0 Å². The Labute approximate surface area is 159 Å². The summed E-state index contributed by atoms with van der Waals surface area (Å²) in [5.41, 5.74) is -0.290. The molecule has 0 bridgehead atoms. The van der Waals surface area contributed by atoms with Crippen LogP contribution in [0.25, 0.3) is 0 Å². The quantitative estimate of drug-likeness (QED) is 0.664. The highest BCUT2D eigenvalue weighted by atomic mass is 32.2. The number of sulfone groups is 2. The van der Waals surface area contributed by atoms with Crippen LogP contribution in [0.2, 0.25) is 0 Å². The third kappa shape index (κ3) is 4.17. The first-order valence-corrected chi connectivity index (χ1v) is 12.3. The van der Waals surface area contributed by atoms with Crippen LogP contribution in [0.3, 0.4) is 0 Å². The third-order valence-corrected chi connectivity index (χ3v) is 9.40. The maximum absolute atomic E-state index is 14.3. The van der Waals surface area contributed by atoms with E-state index in [0.717, 1.165) is 24.7 Å². The molecule has 7 nitrogen and oxygen atoms in total. The van der Waals surface area contributed by atoms with Crippen molar-refractivity contribution in [2.24, 2.45) is 0 Å². The molecule has 10 heteroatoms. The van der Waals surface area contributed by atoms with Crippen LogP contribution < -0.4 is 0 Å². The van der Waals surface area contributed by atoms with E-state index in [1.54, 1.807) is 0 Å². The van der Waals surface area contributed by atoms with E-state index in [9.17, 15) is 26.0 Å². The van der Waals surface area contributed by atoms with Gasteiger partial charge in [-0.25, -0.2) is 21.2 Å². The Morgan fingerprint density at radius 3 is 2.44 bits per heavy atom. The Kier molecular flexibility index (Phi) is 5.60. The molecule has 150 valence electrons. The number of nitrogens with zero attached hydrogens (tertiary/aromatic N) is 2. The summed E-state index contributed by atoms with van der Waals surface area (Å²) in [4.78, 5) is 16.2. The van der Waals surface area contributed by atoms with E-state index in [2.05, 4.69) is 4.90 Å². The second-order valence-corrected chi connectivity index (χ2v) is 11.4. The Hall–Kier alpha value is -1.52. The highest BCUT2D eigenvalue weighted by molar-refractivity contribution is 7.96. The molecule has 0 aromatic heterocycles. The lowest BCUT2D eigenvalue weighted by Crippen LogP contribution is -2.48. The Morgan fingerprint density at radius 1 is 1.22 bits per heavy atom. The van der Waals surface area contributed by atoms with Gasteiger partial charge in [-0.2, -0.15) is 0 Å². The van der Waals surface area contributed by atoms with Gasteiger partial charge in [0.1, 0.15) is 5.82 Å². The first kappa shape index (κ1) is 20.2. The predicted octanol–water partition coefficient (Wildman–Crippen LogP) is 0.564. The van der Waals surface area contributed by atoms with E-state index in [1.807, 2.05) is 6.92 Å². The molecule has 27 heavy (non-hydrogen) atoms. The molecule has 0 radical (unpaired) electrons. The number of halogens is 1. The summed E-state index contributed by atoms with van der Waals surface area (Å²) < 4.78 is 63.0. The smallest absolute Gasteiger partial charge is 0.256 e. The number of amides is 1. The number of carbonyl (C=O) groups is 1. The van der Waals surface area contributed by atoms with Gasteiger partial charge < -0.3 is 9.80 Å². The van der Waals surface area contributed by atoms with E-state index in [-0.39, 0.29) is 22.6 Å². The molecule has 1 atom stereocenters. The number of hydrogen-bond acceptors (Lipinski definition) is 6. The van der Waals surface area contributed by atoms with Gasteiger partial charge >= 0.3 is 0 Å². The standard InChI is InChI=1S/C17H23FN2O5S2/c1-2-19-6-8-20(9-7-19)17(21)15-11-13(3-4-16(15)18)27(24,25)14-5-10-26(22,23)12-14/h3-4,11,14H,2,5-10,12H2,1H3/t14-/m0/s1. The number of carbonyl (C=O) groups excluding carboxylic acids is 1. The summed E-state index contributed by atoms with van der Waals surface area (Å²) >= 11 is 0. The lowest BCUT2D eigenvalue weighted by molar-refractivity contribution is 0.0638. The minimum absolute atomic E-state index is 0.0182. The molecule has 0 N–H and O–H groups in total. The van der Waals surface area contributed by atoms with Crippen molar-refractivity contribution in [2.75, 3.05) is 44.2 Å². The average molecular weight is 419 g/mol. The van der Waals surface area contributed by atoms with Crippen molar-refractivity contribution < 1.29 is 26.0 Å². The van der Waals surface area contributed by atoms with Crippen molar-refractivity contribution in [1.29, 1.82) is 0 Å². The summed E-state index contributed by atoms with van der Waals surface area (Å²) in [6.07, 6.45) is 0.0182. The van der Waals surface area contributed by atoms with Crippen molar-refractivity contribution in [1.82, 2.24) is 9.80 Å². The zero-order valence-electron chi connectivity index (χ0n) is 15.1. The van der Waals surface area contributed by atoms with E-state index in [4.69, 9.17) is 0 Å². The largest absolute Gasteiger partial charge is 0.336 e. The molecule has 0 spiro atoms. The lowest BCUT2D eigenvalue weighted by atomic mass is 10.1. The lowest BCUT2D eigenvalue weighted by Gasteiger charge is -2.34.